The fourth-order valence-electron chi connectivity index (χ4n) is 3.28. The number of rotatable bonds is 8. The number of nitrogens with zero attached hydrogens (tertiary/aromatic N) is 1. The Balaban J connectivity index is 1.99. The Morgan fingerprint density at radius 2 is 2.00 bits per heavy atom. The molecule has 1 saturated carbocycles. The molecule has 0 aromatic carbocycles. The van der Waals surface area contributed by atoms with Crippen LogP contribution in [0, 0.1) is 5.92 Å². The molecule has 21 heavy (non-hydrogen) atoms. The maximum absolute atomic E-state index is 12.9. The van der Waals surface area contributed by atoms with Crippen molar-refractivity contribution >= 4 is 23.6 Å². The standard InChI is InChI=1S/C16H28N2O2S/c1-4-13-14(19)17-16(2,12-8-9-12)15(20)18(13)10-6-5-7-11-21-3/h12-13H,4-11H2,1-3H3,(H,17,19). The average Bonchev–Trinajstić information content (AvgIpc) is 3.28. The molecule has 0 aromatic rings. The Morgan fingerprint density at radius 1 is 1.29 bits per heavy atom. The zero-order chi connectivity index (χ0) is 15.5. The Bertz CT molecular complexity index is 398. The molecule has 1 saturated heterocycles. The van der Waals surface area contributed by atoms with E-state index in [1.807, 2.05) is 30.5 Å². The zero-order valence-corrected chi connectivity index (χ0v) is 14.3. The maximum Gasteiger partial charge on any atom is 0.249 e. The molecule has 2 amide bonds. The van der Waals surface area contributed by atoms with Crippen LogP contribution in [-0.2, 0) is 9.59 Å². The van der Waals surface area contributed by atoms with E-state index in [2.05, 4.69) is 11.6 Å². The van der Waals surface area contributed by atoms with Gasteiger partial charge in [-0.15, -0.1) is 0 Å². The third kappa shape index (κ3) is 3.55. The first-order valence-corrected chi connectivity index (χ1v) is 9.56. The van der Waals surface area contributed by atoms with Crippen LogP contribution in [0.2, 0.25) is 0 Å². The minimum atomic E-state index is -0.651. The minimum Gasteiger partial charge on any atom is -0.340 e. The molecule has 120 valence electrons. The number of hydrogen-bond acceptors (Lipinski definition) is 3. The van der Waals surface area contributed by atoms with Crippen molar-refractivity contribution < 1.29 is 9.59 Å². The van der Waals surface area contributed by atoms with Crippen molar-refractivity contribution in [3.63, 3.8) is 0 Å². The van der Waals surface area contributed by atoms with Gasteiger partial charge in [-0.1, -0.05) is 13.3 Å². The van der Waals surface area contributed by atoms with Crippen LogP contribution in [0.3, 0.4) is 0 Å². The van der Waals surface area contributed by atoms with Gasteiger partial charge >= 0.3 is 0 Å². The van der Waals surface area contributed by atoms with Crippen molar-refractivity contribution in [3.05, 3.63) is 0 Å². The van der Waals surface area contributed by atoms with Crippen LogP contribution < -0.4 is 5.32 Å². The maximum atomic E-state index is 12.9. The Labute approximate surface area is 132 Å². The normalized spacial score (nSPS) is 29.7. The van der Waals surface area contributed by atoms with Gasteiger partial charge in [0.05, 0.1) is 0 Å². The van der Waals surface area contributed by atoms with Crippen LogP contribution in [0.1, 0.15) is 52.4 Å². The Morgan fingerprint density at radius 3 is 2.57 bits per heavy atom. The van der Waals surface area contributed by atoms with E-state index in [4.69, 9.17) is 0 Å². The highest BCUT2D eigenvalue weighted by Crippen LogP contribution is 2.42. The quantitative estimate of drug-likeness (QED) is 0.700. The van der Waals surface area contributed by atoms with Crippen molar-refractivity contribution in [2.75, 3.05) is 18.6 Å². The lowest BCUT2D eigenvalue weighted by Gasteiger charge is -2.44. The summed E-state index contributed by atoms with van der Waals surface area (Å²) in [5.41, 5.74) is -0.651. The number of unbranched alkanes of at least 4 members (excludes halogenated alkanes) is 2. The molecule has 0 spiro atoms. The van der Waals surface area contributed by atoms with Crippen molar-refractivity contribution in [1.82, 2.24) is 10.2 Å². The van der Waals surface area contributed by atoms with E-state index in [9.17, 15) is 9.59 Å². The molecular formula is C16H28N2O2S. The van der Waals surface area contributed by atoms with Gasteiger partial charge in [0, 0.05) is 6.54 Å². The molecule has 5 heteroatoms. The fourth-order valence-corrected chi connectivity index (χ4v) is 3.77. The van der Waals surface area contributed by atoms with Crippen LogP contribution in [-0.4, -0.2) is 46.8 Å². The van der Waals surface area contributed by atoms with Gasteiger partial charge in [0.2, 0.25) is 11.8 Å². The van der Waals surface area contributed by atoms with Crippen LogP contribution >= 0.6 is 11.8 Å². The lowest BCUT2D eigenvalue weighted by atomic mass is 9.88. The molecule has 2 rings (SSSR count). The summed E-state index contributed by atoms with van der Waals surface area (Å²) < 4.78 is 0. The van der Waals surface area contributed by atoms with Gasteiger partial charge in [0.25, 0.3) is 0 Å². The number of piperazine rings is 1. The van der Waals surface area contributed by atoms with Gasteiger partial charge in [0.15, 0.2) is 0 Å². The van der Waals surface area contributed by atoms with Gasteiger partial charge in [-0.3, -0.25) is 9.59 Å². The van der Waals surface area contributed by atoms with E-state index in [0.29, 0.717) is 12.3 Å². The van der Waals surface area contributed by atoms with Gasteiger partial charge < -0.3 is 10.2 Å². The largest absolute Gasteiger partial charge is 0.340 e. The highest BCUT2D eigenvalue weighted by atomic mass is 32.2. The minimum absolute atomic E-state index is 0.0376. The van der Waals surface area contributed by atoms with Crippen molar-refractivity contribution in [1.29, 1.82) is 0 Å². The lowest BCUT2D eigenvalue weighted by Crippen LogP contribution is -2.70. The van der Waals surface area contributed by atoms with Crippen molar-refractivity contribution in [2.45, 2.75) is 64.0 Å². The van der Waals surface area contributed by atoms with E-state index in [1.165, 1.54) is 12.2 Å². The molecule has 0 aromatic heterocycles. The van der Waals surface area contributed by atoms with E-state index >= 15 is 0 Å². The zero-order valence-electron chi connectivity index (χ0n) is 13.5. The highest BCUT2D eigenvalue weighted by Gasteiger charge is 2.54. The molecule has 1 heterocycles. The summed E-state index contributed by atoms with van der Waals surface area (Å²) in [5.74, 6) is 1.69. The molecule has 4 nitrogen and oxygen atoms in total. The first kappa shape index (κ1) is 16.7. The van der Waals surface area contributed by atoms with E-state index in [-0.39, 0.29) is 17.9 Å². The smallest absolute Gasteiger partial charge is 0.249 e. The number of thioether (sulfide) groups is 1. The summed E-state index contributed by atoms with van der Waals surface area (Å²) in [7, 11) is 0. The lowest BCUT2D eigenvalue weighted by molar-refractivity contribution is -0.155. The summed E-state index contributed by atoms with van der Waals surface area (Å²) >= 11 is 1.86. The SMILES string of the molecule is CCC1C(=O)NC(C)(C2CC2)C(=O)N1CCCCCSC. The predicted molar refractivity (Wildman–Crippen MR) is 87.3 cm³/mol. The number of amides is 2. The van der Waals surface area contributed by atoms with Gasteiger partial charge in [-0.2, -0.15) is 11.8 Å². The summed E-state index contributed by atoms with van der Waals surface area (Å²) in [6.07, 6.45) is 8.24. The molecule has 0 radical (unpaired) electrons. The predicted octanol–water partition coefficient (Wildman–Crippen LogP) is 2.43. The molecule has 2 aliphatic rings. The second kappa shape index (κ2) is 7.03. The number of hydrogen-bond donors (Lipinski definition) is 1. The van der Waals surface area contributed by atoms with Crippen LogP contribution in [0.4, 0.5) is 0 Å². The van der Waals surface area contributed by atoms with E-state index < -0.39 is 5.54 Å². The molecule has 1 aliphatic carbocycles. The number of nitrogens with one attached hydrogen (secondary N) is 1. The molecule has 2 fully saturated rings. The number of carbonyl (C=O) groups excluding carboxylic acids is 2. The van der Waals surface area contributed by atoms with Crippen LogP contribution in [0.25, 0.3) is 0 Å². The average molecular weight is 312 g/mol. The summed E-state index contributed by atoms with van der Waals surface area (Å²) in [6.45, 7) is 4.62. The first-order chi connectivity index (χ1) is 10.0. The molecule has 2 unspecified atom stereocenters. The monoisotopic (exact) mass is 312 g/mol. The van der Waals surface area contributed by atoms with E-state index in [0.717, 1.165) is 32.2 Å². The van der Waals surface area contributed by atoms with Crippen molar-refractivity contribution in [2.24, 2.45) is 5.92 Å². The highest BCUT2D eigenvalue weighted by molar-refractivity contribution is 7.98. The second-order valence-corrected chi connectivity index (χ2v) is 7.43. The third-order valence-electron chi connectivity index (χ3n) is 4.79. The fraction of sp³-hybridized carbons (Fsp3) is 0.875. The third-order valence-corrected chi connectivity index (χ3v) is 5.49. The summed E-state index contributed by atoms with van der Waals surface area (Å²) in [4.78, 5) is 27.1. The second-order valence-electron chi connectivity index (χ2n) is 6.44. The van der Waals surface area contributed by atoms with E-state index in [1.54, 1.807) is 0 Å². The first-order valence-electron chi connectivity index (χ1n) is 8.16. The van der Waals surface area contributed by atoms with Crippen molar-refractivity contribution in [3.8, 4) is 0 Å². The molecule has 1 aliphatic heterocycles. The Kier molecular flexibility index (Phi) is 5.58. The molecule has 2 atom stereocenters. The summed E-state index contributed by atoms with van der Waals surface area (Å²) in [6, 6.07) is -0.273. The van der Waals surface area contributed by atoms with Gasteiger partial charge in [-0.05, 0) is 57.0 Å². The van der Waals surface area contributed by atoms with Crippen LogP contribution in [0.15, 0.2) is 0 Å². The van der Waals surface area contributed by atoms with Gasteiger partial charge in [0.1, 0.15) is 11.6 Å². The van der Waals surface area contributed by atoms with Gasteiger partial charge in [-0.25, -0.2) is 0 Å². The van der Waals surface area contributed by atoms with Crippen LogP contribution in [0.5, 0.6) is 0 Å². The Hall–Kier alpha value is -0.710. The summed E-state index contributed by atoms with van der Waals surface area (Å²) in [5, 5.41) is 3.01. The number of carbonyl (C=O) groups is 2. The molecular weight excluding hydrogens is 284 g/mol. The molecule has 1 N–H and O–H groups in total. The topological polar surface area (TPSA) is 49.4 Å². The molecule has 0 bridgehead atoms.